The highest BCUT2D eigenvalue weighted by atomic mass is 35.5. The van der Waals surface area contributed by atoms with Gasteiger partial charge in [0.05, 0.1) is 5.02 Å². The number of halogens is 2. The molecule has 0 saturated heterocycles. The summed E-state index contributed by atoms with van der Waals surface area (Å²) in [5.41, 5.74) is 5.64. The smallest absolute Gasteiger partial charge is 0.342 e. The van der Waals surface area contributed by atoms with Crippen molar-refractivity contribution in [3.63, 3.8) is 0 Å². The fourth-order valence-electron chi connectivity index (χ4n) is 1.77. The van der Waals surface area contributed by atoms with E-state index in [-0.39, 0.29) is 27.1 Å². The fourth-order valence-corrected chi connectivity index (χ4v) is 2.89. The summed E-state index contributed by atoms with van der Waals surface area (Å²) in [4.78, 5) is 11.3. The number of para-hydroxylation sites is 1. The van der Waals surface area contributed by atoms with Gasteiger partial charge in [0.2, 0.25) is 0 Å². The number of aromatic carboxylic acids is 1. The molecule has 112 valence electrons. The van der Waals surface area contributed by atoms with E-state index in [9.17, 15) is 14.3 Å². The van der Waals surface area contributed by atoms with E-state index in [0.29, 0.717) is 5.75 Å². The number of carboxylic acid groups (broad SMARTS) is 1. The highest BCUT2D eigenvalue weighted by molar-refractivity contribution is 7.99. The second-order valence-electron chi connectivity index (χ2n) is 4.20. The Balaban J connectivity index is 2.62. The Labute approximate surface area is 129 Å². The number of rotatable bonds is 5. The minimum atomic E-state index is -1.20. The quantitative estimate of drug-likeness (QED) is 0.821. The van der Waals surface area contributed by atoms with Crippen molar-refractivity contribution in [2.75, 3.05) is 11.5 Å². The highest BCUT2D eigenvalue weighted by Gasteiger charge is 2.24. The molecular formula is C13H13ClFN3O2S. The number of nitrogens with zero attached hydrogens (tertiary/aromatic N) is 2. The van der Waals surface area contributed by atoms with Gasteiger partial charge in [0.1, 0.15) is 27.9 Å². The highest BCUT2D eigenvalue weighted by Crippen LogP contribution is 2.32. The summed E-state index contributed by atoms with van der Waals surface area (Å²) in [6, 6.07) is 4.15. The number of carboxylic acids is 1. The molecule has 0 atom stereocenters. The minimum absolute atomic E-state index is 0.0532. The lowest BCUT2D eigenvalue weighted by Gasteiger charge is -2.07. The summed E-state index contributed by atoms with van der Waals surface area (Å²) >= 11 is 7.23. The molecule has 0 unspecified atom stereocenters. The fraction of sp³-hybridized carbons (Fsp3) is 0.231. The topological polar surface area (TPSA) is 81.1 Å². The number of nitrogens with two attached hydrogens (primary N) is 1. The number of benzene rings is 1. The van der Waals surface area contributed by atoms with Gasteiger partial charge in [-0.15, -0.1) is 11.8 Å². The van der Waals surface area contributed by atoms with Gasteiger partial charge in [0.25, 0.3) is 0 Å². The molecule has 0 aliphatic heterocycles. The van der Waals surface area contributed by atoms with Gasteiger partial charge in [0, 0.05) is 0 Å². The van der Waals surface area contributed by atoms with Crippen LogP contribution in [0.4, 0.5) is 10.2 Å². The van der Waals surface area contributed by atoms with E-state index in [1.807, 2.05) is 6.92 Å². The first kappa shape index (κ1) is 15.7. The molecule has 2 rings (SSSR count). The maximum Gasteiger partial charge on any atom is 0.342 e. The van der Waals surface area contributed by atoms with Crippen molar-refractivity contribution in [2.45, 2.75) is 18.4 Å². The van der Waals surface area contributed by atoms with Gasteiger partial charge in [-0.2, -0.15) is 5.10 Å². The van der Waals surface area contributed by atoms with E-state index in [4.69, 9.17) is 17.3 Å². The Kier molecular flexibility index (Phi) is 4.74. The molecule has 3 N–H and O–H groups in total. The SMILES string of the molecule is CCCSc1nn(-c2c(F)cccc2Cl)c(N)c1C(=O)O. The lowest BCUT2D eigenvalue weighted by molar-refractivity contribution is 0.0694. The summed E-state index contributed by atoms with van der Waals surface area (Å²) in [6.45, 7) is 1.96. The van der Waals surface area contributed by atoms with Crippen LogP contribution in [-0.4, -0.2) is 26.6 Å². The summed E-state index contributed by atoms with van der Waals surface area (Å²) in [7, 11) is 0. The van der Waals surface area contributed by atoms with Crippen LogP contribution < -0.4 is 5.73 Å². The van der Waals surface area contributed by atoms with Crippen LogP contribution in [-0.2, 0) is 0 Å². The maximum atomic E-state index is 14.0. The second kappa shape index (κ2) is 6.36. The maximum absolute atomic E-state index is 14.0. The number of anilines is 1. The predicted octanol–water partition coefficient (Wildman–Crippen LogP) is 3.45. The zero-order valence-corrected chi connectivity index (χ0v) is 12.7. The zero-order chi connectivity index (χ0) is 15.6. The lowest BCUT2D eigenvalue weighted by Crippen LogP contribution is -2.07. The van der Waals surface area contributed by atoms with Gasteiger partial charge < -0.3 is 10.8 Å². The Morgan fingerprint density at radius 2 is 2.29 bits per heavy atom. The molecule has 1 aromatic carbocycles. The Morgan fingerprint density at radius 3 is 2.86 bits per heavy atom. The first-order chi connectivity index (χ1) is 9.97. The van der Waals surface area contributed by atoms with Crippen molar-refractivity contribution < 1.29 is 14.3 Å². The lowest BCUT2D eigenvalue weighted by atomic mass is 10.3. The van der Waals surface area contributed by atoms with Crippen molar-refractivity contribution in [3.05, 3.63) is 34.6 Å². The summed E-state index contributed by atoms with van der Waals surface area (Å²) in [5.74, 6) is -1.29. The molecule has 0 spiro atoms. The van der Waals surface area contributed by atoms with E-state index < -0.39 is 11.8 Å². The average molecular weight is 330 g/mol. The molecule has 0 amide bonds. The molecule has 0 radical (unpaired) electrons. The van der Waals surface area contributed by atoms with Crippen molar-refractivity contribution in [1.82, 2.24) is 9.78 Å². The van der Waals surface area contributed by atoms with Crippen LogP contribution in [0.15, 0.2) is 23.2 Å². The van der Waals surface area contributed by atoms with Gasteiger partial charge in [0.15, 0.2) is 0 Å². The molecule has 2 aromatic rings. The first-order valence-corrected chi connectivity index (χ1v) is 7.52. The van der Waals surface area contributed by atoms with Crippen LogP contribution in [0.5, 0.6) is 0 Å². The van der Waals surface area contributed by atoms with Gasteiger partial charge in [-0.3, -0.25) is 0 Å². The van der Waals surface area contributed by atoms with Crippen LogP contribution >= 0.6 is 23.4 Å². The first-order valence-electron chi connectivity index (χ1n) is 6.16. The summed E-state index contributed by atoms with van der Waals surface area (Å²) in [6.07, 6.45) is 0.844. The molecule has 8 heteroatoms. The van der Waals surface area contributed by atoms with Crippen LogP contribution in [0.3, 0.4) is 0 Å². The Bertz CT molecular complexity index is 670. The number of thioether (sulfide) groups is 1. The third-order valence-corrected chi connectivity index (χ3v) is 4.17. The van der Waals surface area contributed by atoms with E-state index in [1.165, 1.54) is 30.0 Å². The van der Waals surface area contributed by atoms with E-state index in [0.717, 1.165) is 11.1 Å². The van der Waals surface area contributed by atoms with Crippen molar-refractivity contribution >= 4 is 35.1 Å². The molecule has 1 heterocycles. The normalized spacial score (nSPS) is 10.8. The molecule has 0 saturated carbocycles. The van der Waals surface area contributed by atoms with Crippen LogP contribution in [0, 0.1) is 5.82 Å². The van der Waals surface area contributed by atoms with E-state index >= 15 is 0 Å². The van der Waals surface area contributed by atoms with Crippen LogP contribution in [0.1, 0.15) is 23.7 Å². The average Bonchev–Trinajstić information content (AvgIpc) is 2.73. The minimum Gasteiger partial charge on any atom is -0.477 e. The standard InChI is InChI=1S/C13H13ClFN3O2S/c1-2-6-21-12-9(13(19)20)11(16)18(17-12)10-7(14)4-3-5-8(10)15/h3-5H,2,6,16H2,1H3,(H,19,20). The summed E-state index contributed by atoms with van der Waals surface area (Å²) in [5, 5.41) is 13.7. The van der Waals surface area contributed by atoms with Gasteiger partial charge in [-0.05, 0) is 24.3 Å². The van der Waals surface area contributed by atoms with Crippen LogP contribution in [0.2, 0.25) is 5.02 Å². The zero-order valence-electron chi connectivity index (χ0n) is 11.1. The molecule has 0 bridgehead atoms. The van der Waals surface area contributed by atoms with Gasteiger partial charge in [-0.1, -0.05) is 24.6 Å². The number of aromatic nitrogens is 2. The predicted molar refractivity (Wildman–Crippen MR) is 80.9 cm³/mol. The third-order valence-electron chi connectivity index (χ3n) is 2.70. The largest absolute Gasteiger partial charge is 0.477 e. The molecule has 1 aromatic heterocycles. The van der Waals surface area contributed by atoms with Gasteiger partial charge in [-0.25, -0.2) is 13.9 Å². The molecule has 21 heavy (non-hydrogen) atoms. The van der Waals surface area contributed by atoms with Crippen molar-refractivity contribution in [2.24, 2.45) is 0 Å². The number of hydrogen-bond donors (Lipinski definition) is 2. The Hall–Kier alpha value is -1.73. The monoisotopic (exact) mass is 329 g/mol. The van der Waals surface area contributed by atoms with E-state index in [2.05, 4.69) is 5.10 Å². The number of carbonyl (C=O) groups is 1. The van der Waals surface area contributed by atoms with E-state index in [1.54, 1.807) is 0 Å². The molecule has 0 aliphatic rings. The van der Waals surface area contributed by atoms with Crippen molar-refractivity contribution in [3.8, 4) is 5.69 Å². The molecular weight excluding hydrogens is 317 g/mol. The molecule has 0 fully saturated rings. The third kappa shape index (κ3) is 2.98. The second-order valence-corrected chi connectivity index (χ2v) is 5.69. The number of nitrogen functional groups attached to an aromatic ring is 1. The van der Waals surface area contributed by atoms with Gasteiger partial charge >= 0.3 is 5.97 Å². The Morgan fingerprint density at radius 1 is 1.57 bits per heavy atom. The summed E-state index contributed by atoms with van der Waals surface area (Å²) < 4.78 is 15.0. The molecule has 5 nitrogen and oxygen atoms in total. The van der Waals surface area contributed by atoms with Crippen LogP contribution in [0.25, 0.3) is 5.69 Å². The number of hydrogen-bond acceptors (Lipinski definition) is 4. The van der Waals surface area contributed by atoms with Crippen molar-refractivity contribution in [1.29, 1.82) is 0 Å². The molecule has 0 aliphatic carbocycles.